The molecule has 0 radical (unpaired) electrons. The second kappa shape index (κ2) is 5.81. The zero-order chi connectivity index (χ0) is 14.9. The van der Waals surface area contributed by atoms with Gasteiger partial charge in [0.25, 0.3) is 0 Å². The highest BCUT2D eigenvalue weighted by Crippen LogP contribution is 2.23. The van der Waals surface area contributed by atoms with Crippen LogP contribution in [0.2, 0.25) is 4.34 Å². The van der Waals surface area contributed by atoms with Gasteiger partial charge in [-0.05, 0) is 32.9 Å². The summed E-state index contributed by atoms with van der Waals surface area (Å²) in [5.41, 5.74) is 1.12. The lowest BCUT2D eigenvalue weighted by molar-refractivity contribution is 0.0473. The Bertz CT molecular complexity index is 669. The molecule has 0 saturated heterocycles. The van der Waals surface area contributed by atoms with Crippen LogP contribution in [-0.4, -0.2) is 18.4 Å². The molecule has 0 saturated carbocycles. The first-order valence-electron chi connectivity index (χ1n) is 5.92. The van der Waals surface area contributed by atoms with E-state index >= 15 is 0 Å². The molecule has 0 spiro atoms. The summed E-state index contributed by atoms with van der Waals surface area (Å²) in [5, 5.41) is 0. The fourth-order valence-electron chi connectivity index (χ4n) is 1.83. The summed E-state index contributed by atoms with van der Waals surface area (Å²) in [6, 6.07) is 3.25. The lowest BCUT2D eigenvalue weighted by Gasteiger charge is -2.03. The number of hydrogen-bond donors (Lipinski definition) is 0. The fraction of sp³-hybridized carbons (Fsp3) is 0.286. The Labute approximate surface area is 125 Å². The molecule has 0 aromatic carbocycles. The first-order chi connectivity index (χ1) is 9.40. The van der Waals surface area contributed by atoms with Crippen LogP contribution in [0.25, 0.3) is 0 Å². The number of halogens is 1. The highest BCUT2D eigenvalue weighted by atomic mass is 35.5. The van der Waals surface area contributed by atoms with E-state index in [2.05, 4.69) is 0 Å². The lowest BCUT2D eigenvalue weighted by Crippen LogP contribution is -2.14. The number of carbonyl (C=O) groups excluding carboxylic acids is 2. The average molecular weight is 313 g/mol. The van der Waals surface area contributed by atoms with Crippen molar-refractivity contribution < 1.29 is 18.7 Å². The van der Waals surface area contributed by atoms with Crippen molar-refractivity contribution in [2.75, 3.05) is 6.61 Å². The van der Waals surface area contributed by atoms with Gasteiger partial charge in [-0.3, -0.25) is 4.79 Å². The second-order valence-electron chi connectivity index (χ2n) is 4.32. The van der Waals surface area contributed by atoms with E-state index in [1.807, 2.05) is 0 Å². The molecule has 0 aliphatic rings. The summed E-state index contributed by atoms with van der Waals surface area (Å²) in [4.78, 5) is 24.3. The maximum Gasteiger partial charge on any atom is 0.342 e. The Morgan fingerprint density at radius 3 is 2.45 bits per heavy atom. The Hall–Kier alpha value is -1.59. The molecule has 0 N–H and O–H groups in total. The van der Waals surface area contributed by atoms with Crippen molar-refractivity contribution in [2.45, 2.75) is 20.8 Å². The third kappa shape index (κ3) is 2.94. The van der Waals surface area contributed by atoms with E-state index in [0.717, 1.165) is 16.9 Å². The van der Waals surface area contributed by atoms with Crippen molar-refractivity contribution >= 4 is 34.7 Å². The van der Waals surface area contributed by atoms with Crippen molar-refractivity contribution in [3.8, 4) is 0 Å². The minimum absolute atomic E-state index is 0.272. The summed E-state index contributed by atoms with van der Waals surface area (Å²) >= 11 is 6.91. The lowest BCUT2D eigenvalue weighted by atomic mass is 10.1. The van der Waals surface area contributed by atoms with Crippen LogP contribution in [-0.2, 0) is 4.74 Å². The molecule has 4 nitrogen and oxygen atoms in total. The second-order valence-corrected chi connectivity index (χ2v) is 6.03. The fourth-order valence-corrected chi connectivity index (χ4v) is 2.80. The third-order valence-electron chi connectivity index (χ3n) is 2.95. The molecular formula is C14H13ClO4S. The molecule has 0 fully saturated rings. The standard InChI is InChI=1S/C14H13ClO4S/c1-7-8(2)19-9(3)13(7)14(17)18-6-10(16)11-4-5-12(15)20-11/h4-5H,6H2,1-3H3. The Morgan fingerprint density at radius 2 is 1.95 bits per heavy atom. The van der Waals surface area contributed by atoms with Crippen molar-refractivity contribution in [3.05, 3.63) is 44.0 Å². The number of thiophene rings is 1. The summed E-state index contributed by atoms with van der Waals surface area (Å²) < 4.78 is 10.9. The van der Waals surface area contributed by atoms with E-state index in [-0.39, 0.29) is 12.4 Å². The predicted molar refractivity (Wildman–Crippen MR) is 76.9 cm³/mol. The van der Waals surface area contributed by atoms with Gasteiger partial charge >= 0.3 is 5.97 Å². The monoisotopic (exact) mass is 312 g/mol. The maximum atomic E-state index is 12.0. The molecule has 106 valence electrons. The molecule has 0 aliphatic heterocycles. The molecule has 2 heterocycles. The Morgan fingerprint density at radius 1 is 1.25 bits per heavy atom. The number of ether oxygens (including phenoxy) is 1. The molecule has 20 heavy (non-hydrogen) atoms. The van der Waals surface area contributed by atoms with E-state index < -0.39 is 5.97 Å². The van der Waals surface area contributed by atoms with Gasteiger partial charge < -0.3 is 9.15 Å². The van der Waals surface area contributed by atoms with Gasteiger partial charge in [0.2, 0.25) is 5.78 Å². The van der Waals surface area contributed by atoms with Gasteiger partial charge in [-0.1, -0.05) is 11.6 Å². The van der Waals surface area contributed by atoms with Crippen LogP contribution in [0, 0.1) is 20.8 Å². The minimum atomic E-state index is -0.548. The molecule has 0 atom stereocenters. The number of rotatable bonds is 4. The summed E-state index contributed by atoms with van der Waals surface area (Å²) in [5.74, 6) is 0.348. The largest absolute Gasteiger partial charge is 0.465 e. The van der Waals surface area contributed by atoms with Crippen molar-refractivity contribution in [1.82, 2.24) is 0 Å². The van der Waals surface area contributed by atoms with Gasteiger partial charge in [0.15, 0.2) is 6.61 Å². The van der Waals surface area contributed by atoms with Gasteiger partial charge in [-0.15, -0.1) is 11.3 Å². The number of esters is 1. The number of hydrogen-bond acceptors (Lipinski definition) is 5. The number of aryl methyl sites for hydroxylation is 2. The van der Waals surface area contributed by atoms with E-state index in [0.29, 0.717) is 26.3 Å². The normalized spacial score (nSPS) is 10.6. The average Bonchev–Trinajstić information content (AvgIpc) is 2.91. The van der Waals surface area contributed by atoms with Crippen LogP contribution < -0.4 is 0 Å². The minimum Gasteiger partial charge on any atom is -0.465 e. The molecule has 2 aromatic rings. The maximum absolute atomic E-state index is 12.0. The molecule has 0 bridgehead atoms. The van der Waals surface area contributed by atoms with Gasteiger partial charge in [0.05, 0.1) is 9.21 Å². The van der Waals surface area contributed by atoms with E-state index in [4.69, 9.17) is 20.8 Å². The number of ketones is 1. The smallest absolute Gasteiger partial charge is 0.342 e. The van der Waals surface area contributed by atoms with Gasteiger partial charge in [0, 0.05) is 5.56 Å². The molecule has 0 amide bonds. The third-order valence-corrected chi connectivity index (χ3v) is 4.22. The first kappa shape index (κ1) is 14.8. The van der Waals surface area contributed by atoms with Crippen LogP contribution in [0.4, 0.5) is 0 Å². The summed E-state index contributed by atoms with van der Waals surface area (Å²) in [6.07, 6.45) is 0. The SMILES string of the molecule is Cc1oc(C)c(C(=O)OCC(=O)c2ccc(Cl)s2)c1C. The zero-order valence-corrected chi connectivity index (χ0v) is 12.9. The summed E-state index contributed by atoms with van der Waals surface area (Å²) in [6.45, 7) is 4.94. The molecule has 2 rings (SSSR count). The number of carbonyl (C=O) groups is 2. The Balaban J connectivity index is 2.04. The predicted octanol–water partition coefficient (Wildman–Crippen LogP) is 3.96. The number of Topliss-reactive ketones (excluding diaryl/α,β-unsaturated/α-hetero) is 1. The topological polar surface area (TPSA) is 56.5 Å². The van der Waals surface area contributed by atoms with E-state index in [9.17, 15) is 9.59 Å². The molecule has 6 heteroatoms. The van der Waals surface area contributed by atoms with Gasteiger partial charge in [-0.25, -0.2) is 4.79 Å². The van der Waals surface area contributed by atoms with Crippen LogP contribution in [0.1, 0.15) is 37.1 Å². The molecule has 0 aliphatic carbocycles. The van der Waals surface area contributed by atoms with Gasteiger partial charge in [-0.2, -0.15) is 0 Å². The van der Waals surface area contributed by atoms with Gasteiger partial charge in [0.1, 0.15) is 17.1 Å². The van der Waals surface area contributed by atoms with Crippen molar-refractivity contribution in [1.29, 1.82) is 0 Å². The molecular weight excluding hydrogens is 300 g/mol. The number of furan rings is 1. The quantitative estimate of drug-likeness (QED) is 0.633. The first-order valence-corrected chi connectivity index (χ1v) is 7.12. The zero-order valence-electron chi connectivity index (χ0n) is 11.3. The van der Waals surface area contributed by atoms with Crippen molar-refractivity contribution in [2.24, 2.45) is 0 Å². The van der Waals surface area contributed by atoms with E-state index in [1.54, 1.807) is 32.9 Å². The Kier molecular flexibility index (Phi) is 4.30. The van der Waals surface area contributed by atoms with Crippen LogP contribution in [0.5, 0.6) is 0 Å². The van der Waals surface area contributed by atoms with Crippen LogP contribution >= 0.6 is 22.9 Å². The van der Waals surface area contributed by atoms with E-state index in [1.165, 1.54) is 0 Å². The van der Waals surface area contributed by atoms with Crippen molar-refractivity contribution in [3.63, 3.8) is 0 Å². The van der Waals surface area contributed by atoms with Crippen LogP contribution in [0.15, 0.2) is 16.5 Å². The molecule has 0 unspecified atom stereocenters. The summed E-state index contributed by atoms with van der Waals surface area (Å²) in [7, 11) is 0. The highest BCUT2D eigenvalue weighted by Gasteiger charge is 2.21. The highest BCUT2D eigenvalue weighted by molar-refractivity contribution is 7.18. The van der Waals surface area contributed by atoms with Crippen LogP contribution in [0.3, 0.4) is 0 Å². The molecule has 2 aromatic heterocycles.